The van der Waals surface area contributed by atoms with Gasteiger partial charge in [-0.05, 0) is 51.1 Å². The average molecular weight is 340 g/mol. The van der Waals surface area contributed by atoms with Gasteiger partial charge >= 0.3 is 0 Å². The normalized spacial score (nSPS) is 15.9. The van der Waals surface area contributed by atoms with Crippen LogP contribution in [-0.2, 0) is 7.05 Å². The van der Waals surface area contributed by atoms with E-state index in [2.05, 4.69) is 15.7 Å². The molecular formula is C18H20N4OS. The van der Waals surface area contributed by atoms with Crippen LogP contribution in [0.2, 0.25) is 0 Å². The van der Waals surface area contributed by atoms with Crippen LogP contribution >= 0.6 is 11.3 Å². The maximum atomic E-state index is 12.5. The number of aromatic nitrogens is 3. The standard InChI is InChI=1S/C18H20N4OS/c1-11-20-15-4-3-13(9-14(15)18(23)22(11)2)17-21-16(10-24-17)12-5-7-19-8-6-12/h3-4,9-10,12,19H,5-8H2,1-2H3. The van der Waals surface area contributed by atoms with Gasteiger partial charge in [-0.1, -0.05) is 0 Å². The molecule has 1 aromatic carbocycles. The summed E-state index contributed by atoms with van der Waals surface area (Å²) in [5, 5.41) is 7.19. The largest absolute Gasteiger partial charge is 0.317 e. The number of benzene rings is 1. The van der Waals surface area contributed by atoms with E-state index in [1.807, 2.05) is 25.1 Å². The van der Waals surface area contributed by atoms with Crippen molar-refractivity contribution in [2.75, 3.05) is 13.1 Å². The van der Waals surface area contributed by atoms with Crippen LogP contribution in [0.4, 0.5) is 0 Å². The van der Waals surface area contributed by atoms with Crippen molar-refractivity contribution >= 4 is 22.2 Å². The fraction of sp³-hybridized carbons (Fsp3) is 0.389. The van der Waals surface area contributed by atoms with Gasteiger partial charge in [0.25, 0.3) is 5.56 Å². The molecule has 1 N–H and O–H groups in total. The molecule has 3 aromatic rings. The first kappa shape index (κ1) is 15.5. The second-order valence-corrected chi connectivity index (χ2v) is 7.22. The van der Waals surface area contributed by atoms with Gasteiger partial charge in [0.1, 0.15) is 10.8 Å². The molecule has 0 radical (unpaired) electrons. The topological polar surface area (TPSA) is 59.8 Å². The Morgan fingerprint density at radius 2 is 2.04 bits per heavy atom. The van der Waals surface area contributed by atoms with Crippen molar-refractivity contribution in [2.24, 2.45) is 7.05 Å². The third-order valence-corrected chi connectivity index (χ3v) is 5.74. The molecule has 0 bridgehead atoms. The van der Waals surface area contributed by atoms with Gasteiger partial charge in [-0.2, -0.15) is 0 Å². The van der Waals surface area contributed by atoms with Crippen molar-refractivity contribution in [2.45, 2.75) is 25.7 Å². The third-order valence-electron chi connectivity index (χ3n) is 4.83. The number of aryl methyl sites for hydroxylation is 1. The van der Waals surface area contributed by atoms with Gasteiger partial charge in [-0.15, -0.1) is 11.3 Å². The second-order valence-electron chi connectivity index (χ2n) is 6.36. The number of piperidine rings is 1. The van der Waals surface area contributed by atoms with Crippen molar-refractivity contribution < 1.29 is 0 Å². The number of hydrogen-bond acceptors (Lipinski definition) is 5. The smallest absolute Gasteiger partial charge is 0.261 e. The molecule has 1 fully saturated rings. The van der Waals surface area contributed by atoms with Gasteiger partial charge < -0.3 is 5.32 Å². The Labute approximate surface area is 144 Å². The molecule has 4 rings (SSSR count). The summed E-state index contributed by atoms with van der Waals surface area (Å²) >= 11 is 1.66. The maximum absolute atomic E-state index is 12.5. The van der Waals surface area contributed by atoms with Crippen LogP contribution in [0.15, 0.2) is 28.4 Å². The fourth-order valence-corrected chi connectivity index (χ4v) is 4.14. The van der Waals surface area contributed by atoms with Crippen molar-refractivity contribution in [3.8, 4) is 10.6 Å². The quantitative estimate of drug-likeness (QED) is 0.779. The van der Waals surface area contributed by atoms with Gasteiger partial charge in [-0.25, -0.2) is 9.97 Å². The molecular weight excluding hydrogens is 320 g/mol. The summed E-state index contributed by atoms with van der Waals surface area (Å²) in [6.07, 6.45) is 2.29. The lowest BCUT2D eigenvalue weighted by Gasteiger charge is -2.20. The van der Waals surface area contributed by atoms with E-state index in [4.69, 9.17) is 4.98 Å². The molecule has 1 saturated heterocycles. The number of rotatable bonds is 2. The van der Waals surface area contributed by atoms with Crippen LogP contribution in [0.5, 0.6) is 0 Å². The third kappa shape index (κ3) is 2.65. The van der Waals surface area contributed by atoms with Gasteiger partial charge in [0.15, 0.2) is 0 Å². The van der Waals surface area contributed by atoms with Crippen LogP contribution in [-0.4, -0.2) is 27.6 Å². The monoisotopic (exact) mass is 340 g/mol. The summed E-state index contributed by atoms with van der Waals surface area (Å²) in [6, 6.07) is 5.86. The predicted molar refractivity (Wildman–Crippen MR) is 97.7 cm³/mol. The lowest BCUT2D eigenvalue weighted by Crippen LogP contribution is -2.26. The van der Waals surface area contributed by atoms with E-state index >= 15 is 0 Å². The SMILES string of the molecule is Cc1nc2ccc(-c3nc(C4CCNCC4)cs3)cc2c(=O)n1C. The summed E-state index contributed by atoms with van der Waals surface area (Å²) in [6.45, 7) is 3.98. The molecule has 5 nitrogen and oxygen atoms in total. The van der Waals surface area contributed by atoms with Gasteiger partial charge in [-0.3, -0.25) is 9.36 Å². The minimum absolute atomic E-state index is 0.00511. The minimum atomic E-state index is -0.00511. The molecule has 0 saturated carbocycles. The Morgan fingerprint density at radius 1 is 1.25 bits per heavy atom. The molecule has 1 aliphatic heterocycles. The van der Waals surface area contributed by atoms with Crippen molar-refractivity contribution in [3.63, 3.8) is 0 Å². The minimum Gasteiger partial charge on any atom is -0.317 e. The molecule has 0 amide bonds. The highest BCUT2D eigenvalue weighted by molar-refractivity contribution is 7.13. The molecule has 3 heterocycles. The van der Waals surface area contributed by atoms with E-state index in [-0.39, 0.29) is 5.56 Å². The first-order valence-corrected chi connectivity index (χ1v) is 9.15. The highest BCUT2D eigenvalue weighted by atomic mass is 32.1. The van der Waals surface area contributed by atoms with Crippen LogP contribution < -0.4 is 10.9 Å². The van der Waals surface area contributed by atoms with Crippen LogP contribution in [0, 0.1) is 6.92 Å². The number of fused-ring (bicyclic) bond motifs is 1. The predicted octanol–water partition coefficient (Wildman–Crippen LogP) is 2.83. The summed E-state index contributed by atoms with van der Waals surface area (Å²) in [4.78, 5) is 21.8. The number of nitrogens with zero attached hydrogens (tertiary/aromatic N) is 3. The molecule has 0 aliphatic carbocycles. The number of nitrogens with one attached hydrogen (secondary N) is 1. The highest BCUT2D eigenvalue weighted by Gasteiger charge is 2.18. The molecule has 124 valence electrons. The van der Waals surface area contributed by atoms with E-state index in [1.54, 1.807) is 23.0 Å². The summed E-state index contributed by atoms with van der Waals surface area (Å²) in [5.74, 6) is 1.27. The molecule has 0 unspecified atom stereocenters. The van der Waals surface area contributed by atoms with E-state index < -0.39 is 0 Å². The Hall–Kier alpha value is -2.05. The van der Waals surface area contributed by atoms with Crippen molar-refractivity contribution in [1.82, 2.24) is 19.9 Å². The maximum Gasteiger partial charge on any atom is 0.261 e. The zero-order chi connectivity index (χ0) is 16.7. The Morgan fingerprint density at radius 3 is 2.83 bits per heavy atom. The lowest BCUT2D eigenvalue weighted by molar-refractivity contribution is 0.455. The summed E-state index contributed by atoms with van der Waals surface area (Å²) < 4.78 is 1.59. The van der Waals surface area contributed by atoms with Gasteiger partial charge in [0.2, 0.25) is 0 Å². The number of hydrogen-bond donors (Lipinski definition) is 1. The van der Waals surface area contributed by atoms with E-state index in [9.17, 15) is 4.79 Å². The Kier molecular flexibility index (Phi) is 3.94. The van der Waals surface area contributed by atoms with Gasteiger partial charge in [0.05, 0.1) is 16.6 Å². The zero-order valence-electron chi connectivity index (χ0n) is 13.9. The fourth-order valence-electron chi connectivity index (χ4n) is 3.24. The summed E-state index contributed by atoms with van der Waals surface area (Å²) in [5.41, 5.74) is 2.92. The van der Waals surface area contributed by atoms with E-state index in [0.29, 0.717) is 11.3 Å². The van der Waals surface area contributed by atoms with Crippen molar-refractivity contribution in [3.05, 3.63) is 45.5 Å². The summed E-state index contributed by atoms with van der Waals surface area (Å²) in [7, 11) is 1.76. The van der Waals surface area contributed by atoms with Crippen molar-refractivity contribution in [1.29, 1.82) is 0 Å². The first-order valence-electron chi connectivity index (χ1n) is 8.27. The molecule has 6 heteroatoms. The number of thiazole rings is 1. The lowest BCUT2D eigenvalue weighted by atomic mass is 9.95. The highest BCUT2D eigenvalue weighted by Crippen LogP contribution is 2.31. The first-order chi connectivity index (χ1) is 11.6. The molecule has 2 aromatic heterocycles. The zero-order valence-corrected chi connectivity index (χ0v) is 14.7. The molecule has 1 aliphatic rings. The van der Waals surface area contributed by atoms with Crippen LogP contribution in [0.25, 0.3) is 21.5 Å². The molecule has 0 atom stereocenters. The van der Waals surface area contributed by atoms with E-state index in [0.717, 1.165) is 47.8 Å². The average Bonchev–Trinajstić information content (AvgIpc) is 3.10. The van der Waals surface area contributed by atoms with Gasteiger partial charge in [0, 0.05) is 23.9 Å². The van der Waals surface area contributed by atoms with E-state index in [1.165, 1.54) is 5.69 Å². The Balaban J connectivity index is 1.74. The van der Waals surface area contributed by atoms with Crippen LogP contribution in [0.3, 0.4) is 0 Å². The molecule has 0 spiro atoms. The second kappa shape index (κ2) is 6.11. The Bertz CT molecular complexity index is 953. The molecule has 24 heavy (non-hydrogen) atoms. The van der Waals surface area contributed by atoms with Crippen LogP contribution in [0.1, 0.15) is 30.3 Å².